The summed E-state index contributed by atoms with van der Waals surface area (Å²) in [7, 11) is -5.35. The summed E-state index contributed by atoms with van der Waals surface area (Å²) < 4.78 is 58.5. The van der Waals surface area contributed by atoms with Crippen LogP contribution >= 0.6 is 0 Å². The summed E-state index contributed by atoms with van der Waals surface area (Å²) >= 11 is 0. The van der Waals surface area contributed by atoms with Gasteiger partial charge >= 0.3 is 15.5 Å². The minimum Gasteiger partial charge on any atom is -0.389 e. The van der Waals surface area contributed by atoms with Gasteiger partial charge in [0, 0.05) is 13.1 Å². The molecule has 0 fully saturated rings. The van der Waals surface area contributed by atoms with Crippen molar-refractivity contribution in [2.75, 3.05) is 13.1 Å². The number of aliphatic hydroxyl groups is 1. The third-order valence-electron chi connectivity index (χ3n) is 1.55. The number of alkyl halides is 3. The van der Waals surface area contributed by atoms with E-state index < -0.39 is 27.7 Å². The third kappa shape index (κ3) is 3.96. The molecule has 0 heterocycles. The first-order chi connectivity index (χ1) is 6.42. The van der Waals surface area contributed by atoms with Crippen LogP contribution in [0.4, 0.5) is 13.2 Å². The quantitative estimate of drug-likeness (QED) is 0.806. The van der Waals surface area contributed by atoms with Gasteiger partial charge in [0.25, 0.3) is 0 Å². The minimum absolute atomic E-state index is 0.201. The summed E-state index contributed by atoms with van der Waals surface area (Å²) in [5.41, 5.74) is -6.83. The van der Waals surface area contributed by atoms with Gasteiger partial charge < -0.3 is 5.11 Å². The smallest absolute Gasteiger partial charge is 0.389 e. The lowest BCUT2D eigenvalue weighted by Gasteiger charge is -2.27. The van der Waals surface area contributed by atoms with E-state index in [1.165, 1.54) is 20.8 Å². The fourth-order valence-corrected chi connectivity index (χ4v) is 2.06. The van der Waals surface area contributed by atoms with Crippen molar-refractivity contribution in [2.24, 2.45) is 0 Å². The molecule has 0 aromatic rings. The van der Waals surface area contributed by atoms with Gasteiger partial charge in [0.1, 0.15) is 0 Å². The van der Waals surface area contributed by atoms with Gasteiger partial charge in [-0.05, 0) is 13.8 Å². The number of nitrogens with zero attached hydrogens (tertiary/aromatic N) is 1. The zero-order valence-electron chi connectivity index (χ0n) is 8.67. The van der Waals surface area contributed by atoms with Crippen LogP contribution in [0, 0.1) is 0 Å². The summed E-state index contributed by atoms with van der Waals surface area (Å²) in [6.45, 7) is 2.81. The molecule has 0 bridgehead atoms. The normalized spacial score (nSPS) is 14.7. The van der Waals surface area contributed by atoms with Gasteiger partial charge in [-0.3, -0.25) is 0 Å². The average molecular weight is 249 g/mol. The number of likely N-dealkylation sites (N-methyl/N-ethyl adjacent to an activating group) is 1. The first kappa shape index (κ1) is 14.7. The Morgan fingerprint density at radius 1 is 1.27 bits per heavy atom. The zero-order chi connectivity index (χ0) is 12.5. The maximum Gasteiger partial charge on any atom is 0.511 e. The lowest BCUT2D eigenvalue weighted by Crippen LogP contribution is -2.47. The molecule has 0 spiro atoms. The lowest BCUT2D eigenvalue weighted by molar-refractivity contribution is -0.0508. The van der Waals surface area contributed by atoms with E-state index in [-0.39, 0.29) is 10.8 Å². The van der Waals surface area contributed by atoms with Crippen molar-refractivity contribution >= 4 is 10.0 Å². The highest BCUT2D eigenvalue weighted by Gasteiger charge is 2.50. The van der Waals surface area contributed by atoms with Gasteiger partial charge in [-0.1, -0.05) is 6.92 Å². The maximum absolute atomic E-state index is 12.1. The highest BCUT2D eigenvalue weighted by atomic mass is 32.2. The molecule has 0 aliphatic rings. The predicted octanol–water partition coefficient (Wildman–Crippen LogP) is 0.929. The largest absolute Gasteiger partial charge is 0.511 e. The molecule has 8 heteroatoms. The Kier molecular flexibility index (Phi) is 4.17. The van der Waals surface area contributed by atoms with Crippen molar-refractivity contribution in [1.29, 1.82) is 0 Å². The molecule has 0 radical (unpaired) electrons. The van der Waals surface area contributed by atoms with Crippen LogP contribution in [0.3, 0.4) is 0 Å². The van der Waals surface area contributed by atoms with Crippen molar-refractivity contribution in [3.05, 3.63) is 0 Å². The van der Waals surface area contributed by atoms with E-state index in [1.807, 2.05) is 0 Å². The van der Waals surface area contributed by atoms with Crippen LogP contribution in [0.1, 0.15) is 20.8 Å². The molecule has 0 saturated carbocycles. The molecule has 0 atom stereocenters. The van der Waals surface area contributed by atoms with E-state index in [0.29, 0.717) is 0 Å². The third-order valence-corrected chi connectivity index (χ3v) is 3.20. The maximum atomic E-state index is 12.1. The SMILES string of the molecule is CCN(CC(C)(C)O)S(=O)(=O)C(F)(F)F. The lowest BCUT2D eigenvalue weighted by atomic mass is 10.1. The molecule has 0 unspecified atom stereocenters. The van der Waals surface area contributed by atoms with Crippen LogP contribution < -0.4 is 0 Å². The average Bonchev–Trinajstić information content (AvgIpc) is 1.95. The van der Waals surface area contributed by atoms with Gasteiger partial charge in [0.05, 0.1) is 5.60 Å². The Labute approximate surface area is 86.7 Å². The Morgan fingerprint density at radius 2 is 1.67 bits per heavy atom. The van der Waals surface area contributed by atoms with E-state index >= 15 is 0 Å². The first-order valence-corrected chi connectivity index (χ1v) is 5.64. The van der Waals surface area contributed by atoms with Crippen molar-refractivity contribution in [3.8, 4) is 0 Å². The van der Waals surface area contributed by atoms with Gasteiger partial charge in [-0.2, -0.15) is 17.5 Å². The molecule has 0 aromatic heterocycles. The Balaban J connectivity index is 5.01. The van der Waals surface area contributed by atoms with Crippen LogP contribution in [0.5, 0.6) is 0 Å². The number of rotatable bonds is 4. The van der Waals surface area contributed by atoms with E-state index in [9.17, 15) is 26.7 Å². The molecule has 92 valence electrons. The van der Waals surface area contributed by atoms with Crippen molar-refractivity contribution in [2.45, 2.75) is 31.9 Å². The molecule has 0 aliphatic carbocycles. The Hall–Kier alpha value is -0.340. The fourth-order valence-electron chi connectivity index (χ4n) is 0.945. The van der Waals surface area contributed by atoms with E-state index in [1.54, 1.807) is 0 Å². The van der Waals surface area contributed by atoms with Crippen LogP contribution in [0.2, 0.25) is 0 Å². The number of sulfonamides is 1. The number of hydrogen-bond acceptors (Lipinski definition) is 3. The van der Waals surface area contributed by atoms with E-state index in [2.05, 4.69) is 0 Å². The van der Waals surface area contributed by atoms with Gasteiger partial charge in [-0.15, -0.1) is 0 Å². The molecule has 0 saturated heterocycles. The highest BCUT2D eigenvalue weighted by molar-refractivity contribution is 7.90. The molecule has 0 aliphatic heterocycles. The molecular formula is C7H14F3NO3S. The molecular weight excluding hydrogens is 235 g/mol. The molecule has 4 nitrogen and oxygen atoms in total. The van der Waals surface area contributed by atoms with Crippen molar-refractivity contribution in [1.82, 2.24) is 4.31 Å². The topological polar surface area (TPSA) is 57.6 Å². The second-order valence-corrected chi connectivity index (χ2v) is 5.62. The summed E-state index contributed by atoms with van der Waals surface area (Å²) in [5.74, 6) is 0. The van der Waals surface area contributed by atoms with Crippen molar-refractivity contribution in [3.63, 3.8) is 0 Å². The van der Waals surface area contributed by atoms with Gasteiger partial charge in [0.2, 0.25) is 0 Å². The standard InChI is InChI=1S/C7H14F3NO3S/c1-4-11(5-6(2,3)12)15(13,14)7(8,9)10/h12H,4-5H2,1-3H3. The molecule has 0 aromatic carbocycles. The molecule has 0 rings (SSSR count). The second-order valence-electron chi connectivity index (χ2n) is 3.69. The van der Waals surface area contributed by atoms with E-state index in [0.717, 1.165) is 0 Å². The fraction of sp³-hybridized carbons (Fsp3) is 1.00. The van der Waals surface area contributed by atoms with Crippen molar-refractivity contribution < 1.29 is 26.7 Å². The monoisotopic (exact) mass is 249 g/mol. The predicted molar refractivity (Wildman–Crippen MR) is 48.5 cm³/mol. The number of halogens is 3. The first-order valence-electron chi connectivity index (χ1n) is 4.20. The summed E-state index contributed by atoms with van der Waals surface area (Å²) in [6, 6.07) is 0. The highest BCUT2D eigenvalue weighted by Crippen LogP contribution is 2.27. The summed E-state index contributed by atoms with van der Waals surface area (Å²) in [6.07, 6.45) is 0. The van der Waals surface area contributed by atoms with Crippen LogP contribution in [-0.4, -0.2) is 42.0 Å². The molecule has 1 N–H and O–H groups in total. The minimum atomic E-state index is -5.35. The Morgan fingerprint density at radius 3 is 1.87 bits per heavy atom. The van der Waals surface area contributed by atoms with Crippen LogP contribution in [0.25, 0.3) is 0 Å². The molecule has 15 heavy (non-hydrogen) atoms. The van der Waals surface area contributed by atoms with E-state index in [4.69, 9.17) is 0 Å². The zero-order valence-corrected chi connectivity index (χ0v) is 9.48. The number of hydrogen-bond donors (Lipinski definition) is 1. The molecule has 0 amide bonds. The van der Waals surface area contributed by atoms with Crippen LogP contribution in [0.15, 0.2) is 0 Å². The van der Waals surface area contributed by atoms with Gasteiger partial charge in [0.15, 0.2) is 0 Å². The summed E-state index contributed by atoms with van der Waals surface area (Å²) in [5, 5.41) is 9.27. The van der Waals surface area contributed by atoms with Gasteiger partial charge in [-0.25, -0.2) is 8.42 Å². The van der Waals surface area contributed by atoms with Crippen LogP contribution in [-0.2, 0) is 10.0 Å². The Bertz CT molecular complexity index is 304. The second kappa shape index (κ2) is 4.26. The summed E-state index contributed by atoms with van der Waals surface area (Å²) in [4.78, 5) is 0.